The summed E-state index contributed by atoms with van der Waals surface area (Å²) in [4.78, 5) is 3.87. The number of imidazole rings is 1. The van der Waals surface area contributed by atoms with Crippen LogP contribution in [0.3, 0.4) is 0 Å². The number of hydrogen-bond donors (Lipinski definition) is 1. The Labute approximate surface area is 90.8 Å². The van der Waals surface area contributed by atoms with Crippen LogP contribution in [-0.2, 0) is 13.2 Å². The normalized spacial score (nSPS) is 11.2. The SMILES string of the molecule is OCc1cccn1Cc1nccn1C(F)F. The van der Waals surface area contributed by atoms with Gasteiger partial charge in [-0.05, 0) is 12.1 Å². The minimum Gasteiger partial charge on any atom is -0.390 e. The maximum absolute atomic E-state index is 12.5. The first-order valence-corrected chi connectivity index (χ1v) is 4.77. The highest BCUT2D eigenvalue weighted by atomic mass is 19.3. The van der Waals surface area contributed by atoms with E-state index < -0.39 is 6.55 Å². The Morgan fingerprint density at radius 2 is 2.19 bits per heavy atom. The van der Waals surface area contributed by atoms with Crippen molar-refractivity contribution >= 4 is 0 Å². The highest BCUT2D eigenvalue weighted by molar-refractivity contribution is 5.08. The predicted octanol–water partition coefficient (Wildman–Crippen LogP) is 1.62. The first-order chi connectivity index (χ1) is 7.72. The molecule has 0 aromatic carbocycles. The number of alkyl halides is 2. The molecule has 0 saturated heterocycles. The van der Waals surface area contributed by atoms with E-state index in [1.807, 2.05) is 0 Å². The van der Waals surface area contributed by atoms with Crippen LogP contribution in [0.4, 0.5) is 8.78 Å². The summed E-state index contributed by atoms with van der Waals surface area (Å²) < 4.78 is 27.6. The molecule has 0 bridgehead atoms. The molecule has 0 fully saturated rings. The molecule has 6 heteroatoms. The molecule has 0 saturated carbocycles. The molecule has 2 aromatic heterocycles. The molecular weight excluding hydrogens is 216 g/mol. The second kappa shape index (κ2) is 4.44. The summed E-state index contributed by atoms with van der Waals surface area (Å²) in [7, 11) is 0. The predicted molar refractivity (Wildman–Crippen MR) is 52.9 cm³/mol. The zero-order chi connectivity index (χ0) is 11.5. The largest absolute Gasteiger partial charge is 0.390 e. The van der Waals surface area contributed by atoms with E-state index in [0.717, 1.165) is 4.57 Å². The first-order valence-electron chi connectivity index (χ1n) is 4.77. The van der Waals surface area contributed by atoms with E-state index in [2.05, 4.69) is 4.98 Å². The molecular formula is C10H11F2N3O. The van der Waals surface area contributed by atoms with Gasteiger partial charge in [0.1, 0.15) is 5.82 Å². The average molecular weight is 227 g/mol. The van der Waals surface area contributed by atoms with Crippen LogP contribution in [0.5, 0.6) is 0 Å². The van der Waals surface area contributed by atoms with Crippen molar-refractivity contribution in [3.63, 3.8) is 0 Å². The number of aliphatic hydroxyl groups is 1. The summed E-state index contributed by atoms with van der Waals surface area (Å²) in [6, 6.07) is 3.48. The third-order valence-electron chi connectivity index (χ3n) is 2.36. The summed E-state index contributed by atoms with van der Waals surface area (Å²) >= 11 is 0. The van der Waals surface area contributed by atoms with Crippen molar-refractivity contribution in [3.8, 4) is 0 Å². The molecule has 2 aromatic rings. The van der Waals surface area contributed by atoms with E-state index in [1.165, 1.54) is 12.4 Å². The van der Waals surface area contributed by atoms with Crippen LogP contribution >= 0.6 is 0 Å². The second-order valence-electron chi connectivity index (χ2n) is 3.31. The molecule has 2 rings (SSSR count). The van der Waals surface area contributed by atoms with Gasteiger partial charge in [0.2, 0.25) is 0 Å². The van der Waals surface area contributed by atoms with Crippen LogP contribution in [0.15, 0.2) is 30.7 Å². The molecule has 4 nitrogen and oxygen atoms in total. The van der Waals surface area contributed by atoms with Crippen LogP contribution in [0, 0.1) is 0 Å². The second-order valence-corrected chi connectivity index (χ2v) is 3.31. The molecule has 0 aliphatic heterocycles. The van der Waals surface area contributed by atoms with Crippen molar-refractivity contribution < 1.29 is 13.9 Å². The van der Waals surface area contributed by atoms with Crippen molar-refractivity contribution in [1.29, 1.82) is 0 Å². The van der Waals surface area contributed by atoms with Crippen LogP contribution in [0.2, 0.25) is 0 Å². The van der Waals surface area contributed by atoms with Crippen LogP contribution in [0.25, 0.3) is 0 Å². The summed E-state index contributed by atoms with van der Waals surface area (Å²) in [5, 5.41) is 9.02. The van der Waals surface area contributed by atoms with Gasteiger partial charge >= 0.3 is 6.55 Å². The van der Waals surface area contributed by atoms with Gasteiger partial charge in [-0.1, -0.05) is 0 Å². The van der Waals surface area contributed by atoms with E-state index in [0.29, 0.717) is 5.69 Å². The van der Waals surface area contributed by atoms with Gasteiger partial charge in [0.25, 0.3) is 0 Å². The van der Waals surface area contributed by atoms with Crippen LogP contribution in [0.1, 0.15) is 18.1 Å². The topological polar surface area (TPSA) is 43.0 Å². The Kier molecular flexibility index (Phi) is 3.00. The van der Waals surface area contributed by atoms with Crippen molar-refractivity contribution in [2.75, 3.05) is 0 Å². The smallest absolute Gasteiger partial charge is 0.319 e. The number of aliphatic hydroxyl groups excluding tert-OH is 1. The van der Waals surface area contributed by atoms with E-state index in [9.17, 15) is 8.78 Å². The van der Waals surface area contributed by atoms with Gasteiger partial charge in [-0.15, -0.1) is 0 Å². The third kappa shape index (κ3) is 1.96. The number of nitrogens with zero attached hydrogens (tertiary/aromatic N) is 3. The lowest BCUT2D eigenvalue weighted by Crippen LogP contribution is -2.10. The monoisotopic (exact) mass is 227 g/mol. The van der Waals surface area contributed by atoms with Gasteiger partial charge in [-0.25, -0.2) is 4.98 Å². The fraction of sp³-hybridized carbons (Fsp3) is 0.300. The minimum atomic E-state index is -2.59. The highest BCUT2D eigenvalue weighted by Gasteiger charge is 2.12. The van der Waals surface area contributed by atoms with Crippen molar-refractivity contribution in [3.05, 3.63) is 42.2 Å². The van der Waals surface area contributed by atoms with Crippen molar-refractivity contribution in [1.82, 2.24) is 14.1 Å². The van der Waals surface area contributed by atoms with Crippen molar-refractivity contribution in [2.45, 2.75) is 19.7 Å². The molecule has 0 spiro atoms. The molecule has 0 aliphatic rings. The standard InChI is InChI=1S/C10H11F2N3O/c11-10(12)15-5-3-13-9(15)6-14-4-1-2-8(14)7-16/h1-5,10,16H,6-7H2. The number of halogens is 2. The zero-order valence-electron chi connectivity index (χ0n) is 8.42. The van der Waals surface area contributed by atoms with Crippen LogP contribution < -0.4 is 0 Å². The van der Waals surface area contributed by atoms with E-state index in [-0.39, 0.29) is 19.0 Å². The number of aromatic nitrogens is 3. The van der Waals surface area contributed by atoms with E-state index in [1.54, 1.807) is 22.9 Å². The molecule has 86 valence electrons. The number of hydrogen-bond acceptors (Lipinski definition) is 2. The summed E-state index contributed by atoms with van der Waals surface area (Å²) in [6.07, 6.45) is 4.29. The molecule has 0 amide bonds. The Bertz CT molecular complexity index is 464. The maximum atomic E-state index is 12.5. The Hall–Kier alpha value is -1.69. The van der Waals surface area contributed by atoms with Gasteiger partial charge in [0, 0.05) is 24.3 Å². The van der Waals surface area contributed by atoms with Crippen molar-refractivity contribution in [2.24, 2.45) is 0 Å². The maximum Gasteiger partial charge on any atom is 0.319 e. The van der Waals surface area contributed by atoms with E-state index in [4.69, 9.17) is 5.11 Å². The lowest BCUT2D eigenvalue weighted by Gasteiger charge is -2.09. The lowest BCUT2D eigenvalue weighted by atomic mass is 10.4. The molecule has 16 heavy (non-hydrogen) atoms. The Balaban J connectivity index is 2.23. The highest BCUT2D eigenvalue weighted by Crippen LogP contribution is 2.14. The molecule has 0 aliphatic carbocycles. The fourth-order valence-electron chi connectivity index (χ4n) is 1.54. The molecule has 0 atom stereocenters. The quantitative estimate of drug-likeness (QED) is 0.862. The minimum absolute atomic E-state index is 0.123. The summed E-state index contributed by atoms with van der Waals surface area (Å²) in [5.74, 6) is 0.265. The van der Waals surface area contributed by atoms with Gasteiger partial charge in [0.05, 0.1) is 13.2 Å². The van der Waals surface area contributed by atoms with Gasteiger partial charge in [-0.2, -0.15) is 8.78 Å². The lowest BCUT2D eigenvalue weighted by molar-refractivity contribution is 0.0666. The number of rotatable bonds is 4. The summed E-state index contributed by atoms with van der Waals surface area (Å²) in [5.41, 5.74) is 0.670. The first kappa shape index (κ1) is 10.8. The zero-order valence-corrected chi connectivity index (χ0v) is 8.42. The van der Waals surface area contributed by atoms with Crippen LogP contribution in [-0.4, -0.2) is 19.2 Å². The van der Waals surface area contributed by atoms with E-state index >= 15 is 0 Å². The molecule has 1 N–H and O–H groups in total. The molecule has 0 unspecified atom stereocenters. The fourth-order valence-corrected chi connectivity index (χ4v) is 1.54. The molecule has 2 heterocycles. The van der Waals surface area contributed by atoms with Gasteiger partial charge in [-0.3, -0.25) is 4.57 Å². The Morgan fingerprint density at radius 3 is 2.88 bits per heavy atom. The molecule has 0 radical (unpaired) electrons. The Morgan fingerprint density at radius 1 is 1.38 bits per heavy atom. The average Bonchev–Trinajstić information content (AvgIpc) is 2.86. The van der Waals surface area contributed by atoms with Gasteiger partial charge < -0.3 is 9.67 Å². The van der Waals surface area contributed by atoms with Gasteiger partial charge in [0.15, 0.2) is 0 Å². The summed E-state index contributed by atoms with van der Waals surface area (Å²) in [6.45, 7) is -2.49. The third-order valence-corrected chi connectivity index (χ3v) is 2.36.